The molecular formula is C7H17BrClN2O2P. The van der Waals surface area contributed by atoms with Crippen molar-refractivity contribution in [2.75, 3.05) is 0 Å². The first-order chi connectivity index (χ1) is 5.46. The van der Waals surface area contributed by atoms with Crippen molar-refractivity contribution in [2.45, 2.75) is 31.0 Å². The van der Waals surface area contributed by atoms with Gasteiger partial charge in [-0.25, -0.2) is 4.79 Å². The van der Waals surface area contributed by atoms with Crippen molar-refractivity contribution in [3.63, 3.8) is 0 Å². The highest BCUT2D eigenvalue weighted by Crippen LogP contribution is 2.26. The zero-order valence-electron chi connectivity index (χ0n) is 8.30. The largest absolute Gasteiger partial charge is 0.351 e. The molecule has 0 aromatic heterocycles. The summed E-state index contributed by atoms with van der Waals surface area (Å²) in [7, 11) is 0. The topological polar surface area (TPSA) is 72.2 Å². The van der Waals surface area contributed by atoms with Gasteiger partial charge in [0.05, 0.1) is 0 Å². The fraction of sp³-hybridized carbons (Fsp3) is 0.714. The molecule has 1 unspecified atom stereocenters. The van der Waals surface area contributed by atoms with Gasteiger partial charge in [-0.2, -0.15) is 9.90 Å². The van der Waals surface area contributed by atoms with Crippen LogP contribution in [0.5, 0.6) is 0 Å². The Kier molecular flexibility index (Phi) is 11.9. The van der Waals surface area contributed by atoms with Gasteiger partial charge in [0.25, 0.3) is 0 Å². The molecule has 14 heavy (non-hydrogen) atoms. The maximum absolute atomic E-state index is 11.3. The van der Waals surface area contributed by atoms with Crippen LogP contribution in [0, 0.1) is 0 Å². The van der Waals surface area contributed by atoms with Gasteiger partial charge in [-0.15, -0.1) is 12.4 Å². The number of imide groups is 1. The lowest BCUT2D eigenvalue weighted by Gasteiger charge is -2.21. The van der Waals surface area contributed by atoms with Gasteiger partial charge in [-0.1, -0.05) is 29.8 Å². The van der Waals surface area contributed by atoms with Crippen molar-refractivity contribution < 1.29 is 9.59 Å². The Labute approximate surface area is 102 Å². The predicted octanol–water partition coefficient (Wildman–Crippen LogP) is 1.61. The van der Waals surface area contributed by atoms with Crippen molar-refractivity contribution in [3.05, 3.63) is 0 Å². The van der Waals surface area contributed by atoms with E-state index in [0.717, 1.165) is 0 Å². The number of amides is 3. The van der Waals surface area contributed by atoms with Crippen LogP contribution in [0.2, 0.25) is 0 Å². The number of carbonyl (C=O) groups excluding carboxylic acids is 2. The lowest BCUT2D eigenvalue weighted by molar-refractivity contribution is -0.122. The zero-order valence-corrected chi connectivity index (χ0v) is 12.1. The zero-order chi connectivity index (χ0) is 9.78. The number of carbonyl (C=O) groups is 2. The molecule has 0 bridgehead atoms. The molecule has 3 amide bonds. The SMILES string of the molecule is CCC(Br)(CC)C(=O)NC(N)=O.Cl.P. The molecule has 0 fully saturated rings. The monoisotopic (exact) mass is 306 g/mol. The number of nitrogens with one attached hydrogen (secondary N) is 1. The summed E-state index contributed by atoms with van der Waals surface area (Å²) in [6.07, 6.45) is 1.23. The van der Waals surface area contributed by atoms with Gasteiger partial charge in [0.15, 0.2) is 0 Å². The lowest BCUT2D eigenvalue weighted by atomic mass is 10.0. The molecule has 4 nitrogen and oxygen atoms in total. The highest BCUT2D eigenvalue weighted by Gasteiger charge is 2.32. The van der Waals surface area contributed by atoms with E-state index in [4.69, 9.17) is 5.73 Å². The lowest BCUT2D eigenvalue weighted by Crippen LogP contribution is -2.46. The predicted molar refractivity (Wildman–Crippen MR) is 68.3 cm³/mol. The van der Waals surface area contributed by atoms with Gasteiger partial charge in [-0.05, 0) is 12.8 Å². The normalized spacial score (nSPS) is 9.36. The van der Waals surface area contributed by atoms with Gasteiger partial charge >= 0.3 is 6.03 Å². The van der Waals surface area contributed by atoms with E-state index in [2.05, 4.69) is 15.9 Å². The molecule has 0 saturated carbocycles. The van der Waals surface area contributed by atoms with E-state index < -0.39 is 10.4 Å². The number of nitrogens with two attached hydrogens (primary N) is 1. The number of urea groups is 1. The molecule has 0 aliphatic carbocycles. The first kappa shape index (κ1) is 19.7. The minimum absolute atomic E-state index is 0. The van der Waals surface area contributed by atoms with E-state index in [9.17, 15) is 9.59 Å². The van der Waals surface area contributed by atoms with E-state index in [1.807, 2.05) is 19.2 Å². The second-order valence-electron chi connectivity index (χ2n) is 2.49. The van der Waals surface area contributed by atoms with Gasteiger partial charge in [0.2, 0.25) is 5.91 Å². The Bertz CT molecular complexity index is 200. The Balaban J connectivity index is -0.000000605. The van der Waals surface area contributed by atoms with E-state index in [0.29, 0.717) is 12.8 Å². The van der Waals surface area contributed by atoms with Crippen LogP contribution in [0.15, 0.2) is 0 Å². The van der Waals surface area contributed by atoms with Crippen LogP contribution in [0.1, 0.15) is 26.7 Å². The Morgan fingerprint density at radius 3 is 1.93 bits per heavy atom. The molecule has 0 aromatic rings. The molecule has 1 atom stereocenters. The highest BCUT2D eigenvalue weighted by molar-refractivity contribution is 9.10. The number of alkyl halides is 1. The van der Waals surface area contributed by atoms with Crippen LogP contribution in [0.3, 0.4) is 0 Å². The number of rotatable bonds is 3. The van der Waals surface area contributed by atoms with Crippen molar-refractivity contribution in [3.8, 4) is 0 Å². The van der Waals surface area contributed by atoms with Crippen LogP contribution in [0.4, 0.5) is 4.79 Å². The molecular weight excluding hydrogens is 290 g/mol. The number of halogens is 2. The summed E-state index contributed by atoms with van der Waals surface area (Å²) >= 11 is 3.26. The second kappa shape index (κ2) is 8.45. The molecule has 3 N–H and O–H groups in total. The molecule has 0 heterocycles. The van der Waals surface area contributed by atoms with Gasteiger partial charge in [0, 0.05) is 0 Å². The Hall–Kier alpha value is 0.140. The van der Waals surface area contributed by atoms with Crippen molar-refractivity contribution in [2.24, 2.45) is 5.73 Å². The second-order valence-corrected chi connectivity index (χ2v) is 4.01. The molecule has 0 aliphatic heterocycles. The van der Waals surface area contributed by atoms with Crippen molar-refractivity contribution >= 4 is 50.2 Å². The maximum Gasteiger partial charge on any atom is 0.318 e. The molecule has 0 rings (SSSR count). The van der Waals surface area contributed by atoms with Gasteiger partial charge in [0.1, 0.15) is 4.32 Å². The minimum atomic E-state index is -0.814. The third kappa shape index (κ3) is 5.78. The Morgan fingerprint density at radius 1 is 1.36 bits per heavy atom. The first-order valence-corrected chi connectivity index (χ1v) is 4.55. The summed E-state index contributed by atoms with van der Waals surface area (Å²) in [4.78, 5) is 21.6. The van der Waals surface area contributed by atoms with E-state index in [-0.39, 0.29) is 28.2 Å². The molecule has 0 saturated heterocycles. The standard InChI is InChI=1S/C7H13BrN2O2.ClH.H3P/c1-3-7(8,4-2)5(11)10-6(9)12;;/h3-4H2,1-2H3,(H3,9,10,11,12);1H;1H3. The molecule has 7 heteroatoms. The van der Waals surface area contributed by atoms with Gasteiger partial charge < -0.3 is 5.73 Å². The van der Waals surface area contributed by atoms with Gasteiger partial charge in [-0.3, -0.25) is 10.1 Å². The molecule has 0 radical (unpaired) electrons. The summed E-state index contributed by atoms with van der Waals surface area (Å²) in [5.74, 6) is -0.375. The van der Waals surface area contributed by atoms with E-state index in [1.165, 1.54) is 0 Å². The maximum atomic E-state index is 11.3. The van der Waals surface area contributed by atoms with Crippen molar-refractivity contribution in [1.29, 1.82) is 0 Å². The highest BCUT2D eigenvalue weighted by atomic mass is 79.9. The minimum Gasteiger partial charge on any atom is -0.351 e. The summed E-state index contributed by atoms with van der Waals surface area (Å²) in [6.45, 7) is 3.72. The fourth-order valence-electron chi connectivity index (χ4n) is 0.795. The fourth-order valence-corrected chi connectivity index (χ4v) is 0.894. The van der Waals surface area contributed by atoms with Crippen LogP contribution < -0.4 is 11.1 Å². The number of hydrogen-bond donors (Lipinski definition) is 2. The first-order valence-electron chi connectivity index (χ1n) is 3.76. The van der Waals surface area contributed by atoms with Crippen LogP contribution in [-0.4, -0.2) is 16.3 Å². The number of hydrogen-bond acceptors (Lipinski definition) is 2. The molecule has 0 aromatic carbocycles. The van der Waals surface area contributed by atoms with E-state index in [1.54, 1.807) is 0 Å². The molecule has 86 valence electrons. The smallest absolute Gasteiger partial charge is 0.318 e. The van der Waals surface area contributed by atoms with Crippen LogP contribution in [-0.2, 0) is 4.79 Å². The quantitative estimate of drug-likeness (QED) is 0.614. The van der Waals surface area contributed by atoms with Crippen molar-refractivity contribution in [1.82, 2.24) is 5.32 Å². The summed E-state index contributed by atoms with van der Waals surface area (Å²) in [5.41, 5.74) is 4.81. The molecule has 0 aliphatic rings. The average Bonchev–Trinajstić information content (AvgIpc) is 2.02. The summed E-state index contributed by atoms with van der Waals surface area (Å²) in [6, 6.07) is -0.814. The number of primary amides is 1. The average molecular weight is 308 g/mol. The summed E-state index contributed by atoms with van der Waals surface area (Å²) in [5, 5.41) is 2.04. The summed E-state index contributed by atoms with van der Waals surface area (Å²) < 4.78 is -0.665. The van der Waals surface area contributed by atoms with Crippen LogP contribution in [0.25, 0.3) is 0 Å². The third-order valence-electron chi connectivity index (χ3n) is 1.76. The van der Waals surface area contributed by atoms with Crippen LogP contribution >= 0.6 is 38.2 Å². The molecule has 0 spiro atoms. The third-order valence-corrected chi connectivity index (χ3v) is 3.25. The van der Waals surface area contributed by atoms with E-state index >= 15 is 0 Å². The Morgan fingerprint density at radius 2 is 1.71 bits per heavy atom.